The summed E-state index contributed by atoms with van der Waals surface area (Å²) in [5.41, 5.74) is 3.40. The number of carbonyl (C=O) groups excluding carboxylic acids is 1. The van der Waals surface area contributed by atoms with E-state index in [9.17, 15) is 15.0 Å². The Hall–Kier alpha value is -2.26. The van der Waals surface area contributed by atoms with Crippen molar-refractivity contribution in [3.63, 3.8) is 0 Å². The fourth-order valence-corrected chi connectivity index (χ4v) is 4.84. The average molecular weight is 461 g/mol. The number of amides is 2. The van der Waals surface area contributed by atoms with Gasteiger partial charge in [0.05, 0.1) is 18.0 Å². The van der Waals surface area contributed by atoms with Gasteiger partial charge in [-0.05, 0) is 60.9 Å². The number of halogens is 1. The van der Waals surface area contributed by atoms with Gasteiger partial charge in [0, 0.05) is 35.7 Å². The monoisotopic (exact) mass is 460 g/mol. The molecule has 2 aromatic rings. The molecule has 1 atom stereocenters. The molecule has 0 aliphatic carbocycles. The molecular formula is C22H25ClN4O3S. The highest BCUT2D eigenvalue weighted by Gasteiger charge is 2.36. The number of carbonyl (C=O) groups is 1. The van der Waals surface area contributed by atoms with Gasteiger partial charge in [0.1, 0.15) is 0 Å². The predicted molar refractivity (Wildman–Crippen MR) is 126 cm³/mol. The first-order chi connectivity index (χ1) is 14.8. The number of anilines is 2. The molecule has 7 nitrogen and oxygen atoms in total. The maximum Gasteiger partial charge on any atom is 0.344 e. The SMILES string of the molecule is CC1Cc2cc(N3CCSCC3(O)O)ccc2C=NN1C(=O)N(C)c1ccc(Cl)cc1. The molecule has 2 amide bonds. The van der Waals surface area contributed by atoms with E-state index in [0.717, 1.165) is 28.3 Å². The van der Waals surface area contributed by atoms with Crippen molar-refractivity contribution in [2.75, 3.05) is 34.9 Å². The lowest BCUT2D eigenvalue weighted by molar-refractivity contribution is -0.141. The molecule has 0 aromatic heterocycles. The van der Waals surface area contributed by atoms with Crippen LogP contribution in [0.4, 0.5) is 16.2 Å². The van der Waals surface area contributed by atoms with E-state index in [1.807, 2.05) is 25.1 Å². The minimum atomic E-state index is -1.87. The van der Waals surface area contributed by atoms with E-state index in [0.29, 0.717) is 18.0 Å². The topological polar surface area (TPSA) is 79.6 Å². The van der Waals surface area contributed by atoms with Crippen molar-refractivity contribution in [2.45, 2.75) is 25.3 Å². The average Bonchev–Trinajstić information content (AvgIpc) is 2.90. The van der Waals surface area contributed by atoms with Gasteiger partial charge in [0.15, 0.2) is 0 Å². The number of nitrogens with zero attached hydrogens (tertiary/aromatic N) is 4. The summed E-state index contributed by atoms with van der Waals surface area (Å²) in [6, 6.07) is 12.4. The molecule has 2 aliphatic heterocycles. The van der Waals surface area contributed by atoms with E-state index in [4.69, 9.17) is 11.6 Å². The lowest BCUT2D eigenvalue weighted by Gasteiger charge is -2.40. The van der Waals surface area contributed by atoms with Gasteiger partial charge in [-0.3, -0.25) is 4.90 Å². The molecule has 1 unspecified atom stereocenters. The molecule has 0 radical (unpaired) electrons. The van der Waals surface area contributed by atoms with Crippen LogP contribution in [0, 0.1) is 0 Å². The Bertz CT molecular complexity index is 999. The van der Waals surface area contributed by atoms with E-state index in [-0.39, 0.29) is 17.8 Å². The molecule has 0 spiro atoms. The molecule has 1 fully saturated rings. The molecule has 2 aliphatic rings. The number of urea groups is 1. The largest absolute Gasteiger partial charge is 0.348 e. The summed E-state index contributed by atoms with van der Waals surface area (Å²) in [4.78, 5) is 16.3. The fraction of sp³-hybridized carbons (Fsp3) is 0.364. The van der Waals surface area contributed by atoms with Crippen LogP contribution in [-0.2, 0) is 6.42 Å². The maximum absolute atomic E-state index is 13.1. The van der Waals surface area contributed by atoms with E-state index >= 15 is 0 Å². The summed E-state index contributed by atoms with van der Waals surface area (Å²) < 4.78 is 0. The molecule has 0 bridgehead atoms. The lowest BCUT2D eigenvalue weighted by Crippen LogP contribution is -2.55. The first-order valence-electron chi connectivity index (χ1n) is 10.1. The highest BCUT2D eigenvalue weighted by molar-refractivity contribution is 7.99. The first-order valence-corrected chi connectivity index (χ1v) is 11.6. The predicted octanol–water partition coefficient (Wildman–Crippen LogP) is 3.37. The molecular weight excluding hydrogens is 436 g/mol. The summed E-state index contributed by atoms with van der Waals surface area (Å²) >= 11 is 7.47. The van der Waals surface area contributed by atoms with E-state index < -0.39 is 5.91 Å². The van der Waals surface area contributed by atoms with Gasteiger partial charge < -0.3 is 15.1 Å². The van der Waals surface area contributed by atoms with Crippen molar-refractivity contribution in [2.24, 2.45) is 5.10 Å². The van der Waals surface area contributed by atoms with Crippen LogP contribution in [0.5, 0.6) is 0 Å². The summed E-state index contributed by atoms with van der Waals surface area (Å²) in [7, 11) is 1.71. The van der Waals surface area contributed by atoms with E-state index in [1.54, 1.807) is 47.3 Å². The van der Waals surface area contributed by atoms with Crippen molar-refractivity contribution in [1.82, 2.24) is 5.01 Å². The quantitative estimate of drug-likeness (QED) is 0.672. The number of thioether (sulfide) groups is 1. The molecule has 9 heteroatoms. The maximum atomic E-state index is 13.1. The van der Waals surface area contributed by atoms with Gasteiger partial charge in [-0.15, -0.1) is 0 Å². The third-order valence-corrected chi connectivity index (χ3v) is 6.89. The molecule has 31 heavy (non-hydrogen) atoms. The molecule has 2 N–H and O–H groups in total. The summed E-state index contributed by atoms with van der Waals surface area (Å²) in [5, 5.41) is 27.3. The Morgan fingerprint density at radius 1 is 1.26 bits per heavy atom. The van der Waals surface area contributed by atoms with E-state index in [1.165, 1.54) is 16.8 Å². The minimum Gasteiger partial charge on any atom is -0.348 e. The summed E-state index contributed by atoms with van der Waals surface area (Å²) in [6.45, 7) is 2.50. The molecule has 1 saturated heterocycles. The smallest absolute Gasteiger partial charge is 0.344 e. The molecule has 4 rings (SSSR count). The zero-order chi connectivity index (χ0) is 22.2. The van der Waals surface area contributed by atoms with Crippen LogP contribution in [0.25, 0.3) is 0 Å². The Morgan fingerprint density at radius 3 is 2.71 bits per heavy atom. The Labute approximate surface area is 190 Å². The van der Waals surface area contributed by atoms with Crippen molar-refractivity contribution in [3.05, 3.63) is 58.6 Å². The number of hydrogen-bond acceptors (Lipinski definition) is 6. The van der Waals surface area contributed by atoms with Crippen molar-refractivity contribution >= 4 is 47.0 Å². The third kappa shape index (κ3) is 4.52. The Morgan fingerprint density at radius 2 is 2.00 bits per heavy atom. The van der Waals surface area contributed by atoms with Gasteiger partial charge in [0.25, 0.3) is 5.91 Å². The number of benzene rings is 2. The fourth-order valence-electron chi connectivity index (χ4n) is 3.83. The van der Waals surface area contributed by atoms with Gasteiger partial charge in [-0.25, -0.2) is 9.80 Å². The van der Waals surface area contributed by atoms with Crippen molar-refractivity contribution in [1.29, 1.82) is 0 Å². The lowest BCUT2D eigenvalue weighted by atomic mass is 10.0. The molecule has 164 valence electrons. The highest BCUT2D eigenvalue weighted by Crippen LogP contribution is 2.31. The van der Waals surface area contributed by atoms with Crippen LogP contribution in [0.15, 0.2) is 47.6 Å². The van der Waals surface area contributed by atoms with Crippen LogP contribution in [0.2, 0.25) is 5.02 Å². The number of rotatable bonds is 2. The summed E-state index contributed by atoms with van der Waals surface area (Å²) in [5.74, 6) is -0.802. The van der Waals surface area contributed by atoms with Crippen molar-refractivity contribution < 1.29 is 15.0 Å². The number of hydrazone groups is 1. The molecule has 0 saturated carbocycles. The van der Waals surface area contributed by atoms with Crippen LogP contribution in [0.1, 0.15) is 18.1 Å². The van der Waals surface area contributed by atoms with Crippen LogP contribution < -0.4 is 9.80 Å². The van der Waals surface area contributed by atoms with Crippen LogP contribution >= 0.6 is 23.4 Å². The summed E-state index contributed by atoms with van der Waals surface area (Å²) in [6.07, 6.45) is 2.28. The zero-order valence-corrected chi connectivity index (χ0v) is 19.0. The third-order valence-electron chi connectivity index (χ3n) is 5.58. The Balaban J connectivity index is 1.55. The second-order valence-corrected chi connectivity index (χ2v) is 9.36. The van der Waals surface area contributed by atoms with Crippen LogP contribution in [-0.4, -0.2) is 64.5 Å². The second kappa shape index (κ2) is 8.70. The number of fused-ring (bicyclic) bond motifs is 1. The minimum absolute atomic E-state index is 0.181. The second-order valence-electron chi connectivity index (χ2n) is 7.82. The molecule has 2 aromatic carbocycles. The Kier molecular flexibility index (Phi) is 6.16. The van der Waals surface area contributed by atoms with Gasteiger partial charge in [-0.1, -0.05) is 17.7 Å². The van der Waals surface area contributed by atoms with Gasteiger partial charge >= 0.3 is 6.03 Å². The first kappa shape index (κ1) is 22.0. The van der Waals surface area contributed by atoms with Crippen molar-refractivity contribution in [3.8, 4) is 0 Å². The standard InChI is InChI=1S/C22H25ClN4O3S/c1-15-11-17-12-20(26-9-10-31-14-22(26,29)30)6-3-16(17)13-24-27(15)21(28)25(2)19-7-4-18(23)5-8-19/h3-8,12-13,15,29-30H,9-11,14H2,1-2H3. The number of aliphatic hydroxyl groups is 2. The van der Waals surface area contributed by atoms with Gasteiger partial charge in [0.2, 0.25) is 0 Å². The zero-order valence-electron chi connectivity index (χ0n) is 17.4. The van der Waals surface area contributed by atoms with E-state index in [2.05, 4.69) is 5.10 Å². The molecule has 2 heterocycles. The number of hydrogen-bond donors (Lipinski definition) is 2. The normalized spacial score (nSPS) is 20.2. The van der Waals surface area contributed by atoms with Crippen LogP contribution in [0.3, 0.4) is 0 Å². The van der Waals surface area contributed by atoms with Gasteiger partial charge in [-0.2, -0.15) is 16.9 Å². The highest BCUT2D eigenvalue weighted by atomic mass is 35.5.